The van der Waals surface area contributed by atoms with Crippen molar-refractivity contribution in [3.63, 3.8) is 0 Å². The Balaban J connectivity index is 2.67. The summed E-state index contributed by atoms with van der Waals surface area (Å²) in [7, 11) is 0.0322. The minimum atomic E-state index is -1.66. The largest absolute Gasteiger partial charge is 0.497 e. The molecule has 17 heavy (non-hydrogen) atoms. The summed E-state index contributed by atoms with van der Waals surface area (Å²) in [5, 5.41) is 0.256. The lowest BCUT2D eigenvalue weighted by atomic mass is 10.2. The first-order chi connectivity index (χ1) is 7.76. The minimum Gasteiger partial charge on any atom is -0.497 e. The molecule has 96 valence electrons. The average molecular weight is 252 g/mol. The van der Waals surface area contributed by atoms with E-state index in [0.717, 1.165) is 5.75 Å². The molecule has 0 heterocycles. The van der Waals surface area contributed by atoms with E-state index in [1.807, 2.05) is 18.2 Å². The Morgan fingerprint density at radius 1 is 1.18 bits per heavy atom. The Labute approximate surface area is 106 Å². The SMILES string of the molecule is COc1cccc(CO[Si](C)(C)C(C)(C)C)c1. The second-order valence-corrected chi connectivity index (χ2v) is 10.7. The van der Waals surface area contributed by atoms with Crippen molar-refractivity contribution in [2.24, 2.45) is 0 Å². The lowest BCUT2D eigenvalue weighted by molar-refractivity contribution is 0.275. The van der Waals surface area contributed by atoms with Crippen LogP contribution in [0.3, 0.4) is 0 Å². The molecule has 0 aliphatic rings. The quantitative estimate of drug-likeness (QED) is 0.747. The van der Waals surface area contributed by atoms with Crippen molar-refractivity contribution in [3.8, 4) is 5.75 Å². The molecule has 0 aliphatic carbocycles. The van der Waals surface area contributed by atoms with Crippen molar-refractivity contribution in [2.75, 3.05) is 7.11 Å². The summed E-state index contributed by atoms with van der Waals surface area (Å²) >= 11 is 0. The minimum absolute atomic E-state index is 0.256. The van der Waals surface area contributed by atoms with Gasteiger partial charge in [0.1, 0.15) is 5.75 Å². The Morgan fingerprint density at radius 2 is 1.82 bits per heavy atom. The number of benzene rings is 1. The van der Waals surface area contributed by atoms with Crippen molar-refractivity contribution < 1.29 is 9.16 Å². The first kappa shape index (κ1) is 14.3. The van der Waals surface area contributed by atoms with E-state index >= 15 is 0 Å². The zero-order valence-corrected chi connectivity index (χ0v) is 12.8. The number of rotatable bonds is 4. The average Bonchev–Trinajstić information content (AvgIpc) is 2.25. The molecule has 1 aromatic rings. The molecule has 1 aromatic carbocycles. The van der Waals surface area contributed by atoms with Gasteiger partial charge in [-0.2, -0.15) is 0 Å². The van der Waals surface area contributed by atoms with Crippen LogP contribution in [0.5, 0.6) is 5.75 Å². The van der Waals surface area contributed by atoms with Crippen molar-refractivity contribution in [1.29, 1.82) is 0 Å². The summed E-state index contributed by atoms with van der Waals surface area (Å²) < 4.78 is 11.4. The maximum absolute atomic E-state index is 6.16. The second kappa shape index (κ2) is 5.23. The van der Waals surface area contributed by atoms with Crippen LogP contribution < -0.4 is 4.74 Å². The summed E-state index contributed by atoms with van der Waals surface area (Å²) in [5.74, 6) is 0.890. The highest BCUT2D eigenvalue weighted by Crippen LogP contribution is 2.37. The molecule has 3 heteroatoms. The maximum atomic E-state index is 6.16. The van der Waals surface area contributed by atoms with Gasteiger partial charge in [-0.05, 0) is 35.8 Å². The molecular formula is C14H24O2Si. The molecule has 2 nitrogen and oxygen atoms in total. The summed E-state index contributed by atoms with van der Waals surface area (Å²) in [6, 6.07) is 8.07. The lowest BCUT2D eigenvalue weighted by Gasteiger charge is -2.36. The molecule has 0 spiro atoms. The van der Waals surface area contributed by atoms with Crippen LogP contribution in [0.15, 0.2) is 24.3 Å². The van der Waals surface area contributed by atoms with E-state index in [2.05, 4.69) is 39.9 Å². The Kier molecular flexibility index (Phi) is 4.39. The first-order valence-electron chi connectivity index (χ1n) is 6.03. The monoisotopic (exact) mass is 252 g/mol. The maximum Gasteiger partial charge on any atom is 0.192 e. The van der Waals surface area contributed by atoms with Crippen LogP contribution in [0.2, 0.25) is 18.1 Å². The summed E-state index contributed by atoms with van der Waals surface area (Å²) in [5.41, 5.74) is 1.18. The molecule has 0 aromatic heterocycles. The molecule has 1 rings (SSSR count). The molecular weight excluding hydrogens is 228 g/mol. The molecule has 0 saturated carbocycles. The van der Waals surface area contributed by atoms with Crippen LogP contribution in [0.25, 0.3) is 0 Å². The highest BCUT2D eigenvalue weighted by atomic mass is 28.4. The van der Waals surface area contributed by atoms with E-state index in [1.165, 1.54) is 5.56 Å². The van der Waals surface area contributed by atoms with Gasteiger partial charge in [0, 0.05) is 0 Å². The van der Waals surface area contributed by atoms with Gasteiger partial charge >= 0.3 is 0 Å². The van der Waals surface area contributed by atoms with E-state index in [1.54, 1.807) is 7.11 Å². The van der Waals surface area contributed by atoms with E-state index in [-0.39, 0.29) is 5.04 Å². The number of methoxy groups -OCH3 is 1. The van der Waals surface area contributed by atoms with Gasteiger partial charge in [-0.3, -0.25) is 0 Å². The number of hydrogen-bond donors (Lipinski definition) is 0. The zero-order valence-electron chi connectivity index (χ0n) is 11.8. The molecule has 0 aliphatic heterocycles. The lowest BCUT2D eigenvalue weighted by Crippen LogP contribution is -2.40. The highest BCUT2D eigenvalue weighted by Gasteiger charge is 2.36. The van der Waals surface area contributed by atoms with Gasteiger partial charge in [-0.1, -0.05) is 32.9 Å². The van der Waals surface area contributed by atoms with E-state index < -0.39 is 8.32 Å². The Bertz CT molecular complexity index is 367. The second-order valence-electron chi connectivity index (χ2n) is 5.90. The van der Waals surface area contributed by atoms with Gasteiger partial charge in [-0.25, -0.2) is 0 Å². The third-order valence-corrected chi connectivity index (χ3v) is 8.02. The summed E-state index contributed by atoms with van der Waals surface area (Å²) in [6.45, 7) is 12.0. The molecule has 0 amide bonds. The topological polar surface area (TPSA) is 18.5 Å². The highest BCUT2D eigenvalue weighted by molar-refractivity contribution is 6.74. The summed E-state index contributed by atoms with van der Waals surface area (Å²) in [6.07, 6.45) is 0. The van der Waals surface area contributed by atoms with Gasteiger partial charge in [-0.15, -0.1) is 0 Å². The van der Waals surface area contributed by atoms with E-state index in [4.69, 9.17) is 9.16 Å². The fourth-order valence-corrected chi connectivity index (χ4v) is 2.20. The first-order valence-corrected chi connectivity index (χ1v) is 8.94. The van der Waals surface area contributed by atoms with Crippen molar-refractivity contribution in [3.05, 3.63) is 29.8 Å². The molecule has 0 N–H and O–H groups in total. The predicted octanol–water partition coefficient (Wildman–Crippen LogP) is 4.22. The number of ether oxygens (including phenoxy) is 1. The molecule has 0 bridgehead atoms. The van der Waals surface area contributed by atoms with E-state index in [0.29, 0.717) is 6.61 Å². The van der Waals surface area contributed by atoms with Crippen LogP contribution in [-0.2, 0) is 11.0 Å². The molecule has 0 radical (unpaired) electrons. The zero-order chi connectivity index (χ0) is 13.1. The van der Waals surface area contributed by atoms with Crippen LogP contribution in [0.4, 0.5) is 0 Å². The van der Waals surface area contributed by atoms with Crippen LogP contribution in [0.1, 0.15) is 26.3 Å². The summed E-state index contributed by atoms with van der Waals surface area (Å²) in [4.78, 5) is 0. The van der Waals surface area contributed by atoms with Crippen molar-refractivity contribution in [1.82, 2.24) is 0 Å². The standard InChI is InChI=1S/C14H24O2Si/c1-14(2,3)17(5,6)16-11-12-8-7-9-13(10-12)15-4/h7-10H,11H2,1-6H3. The van der Waals surface area contributed by atoms with Gasteiger partial charge in [0.2, 0.25) is 0 Å². The smallest absolute Gasteiger partial charge is 0.192 e. The fourth-order valence-electron chi connectivity index (χ4n) is 1.24. The third kappa shape index (κ3) is 3.86. The molecule has 0 saturated heterocycles. The molecule has 0 atom stereocenters. The van der Waals surface area contributed by atoms with Gasteiger partial charge < -0.3 is 9.16 Å². The third-order valence-electron chi connectivity index (χ3n) is 3.54. The molecule has 0 fully saturated rings. The predicted molar refractivity (Wildman–Crippen MR) is 75.0 cm³/mol. The normalized spacial score (nSPS) is 12.6. The number of hydrogen-bond acceptors (Lipinski definition) is 2. The van der Waals surface area contributed by atoms with Crippen LogP contribution in [-0.4, -0.2) is 15.4 Å². The Morgan fingerprint density at radius 3 is 2.35 bits per heavy atom. The van der Waals surface area contributed by atoms with Gasteiger partial charge in [0.15, 0.2) is 8.32 Å². The fraction of sp³-hybridized carbons (Fsp3) is 0.571. The van der Waals surface area contributed by atoms with Crippen LogP contribution in [0, 0.1) is 0 Å². The Hall–Kier alpha value is -0.803. The van der Waals surface area contributed by atoms with Gasteiger partial charge in [0.05, 0.1) is 13.7 Å². The van der Waals surface area contributed by atoms with Crippen molar-refractivity contribution in [2.45, 2.75) is 45.5 Å². The van der Waals surface area contributed by atoms with Crippen LogP contribution >= 0.6 is 0 Å². The van der Waals surface area contributed by atoms with E-state index in [9.17, 15) is 0 Å². The molecule has 0 unspecified atom stereocenters. The van der Waals surface area contributed by atoms with Gasteiger partial charge in [0.25, 0.3) is 0 Å². The van der Waals surface area contributed by atoms with Crippen molar-refractivity contribution >= 4 is 8.32 Å².